The zero-order valence-corrected chi connectivity index (χ0v) is 16.0. The van der Waals surface area contributed by atoms with Crippen molar-refractivity contribution in [3.05, 3.63) is 53.1 Å². The van der Waals surface area contributed by atoms with Crippen LogP contribution in [0, 0.1) is 0 Å². The summed E-state index contributed by atoms with van der Waals surface area (Å²) in [5.74, 6) is 1.45. The fraction of sp³-hybridized carbons (Fsp3) is 0.286. The van der Waals surface area contributed by atoms with Crippen LogP contribution in [-0.2, 0) is 6.54 Å². The van der Waals surface area contributed by atoms with E-state index < -0.39 is 0 Å². The number of nitrogens with zero attached hydrogens (tertiary/aromatic N) is 2. The van der Waals surface area contributed by atoms with Crippen molar-refractivity contribution in [2.75, 3.05) is 27.3 Å². The number of aliphatic hydroxyl groups excluding tert-OH is 1. The van der Waals surface area contributed by atoms with E-state index in [1.165, 1.54) is 0 Å². The molecule has 0 unspecified atom stereocenters. The highest BCUT2D eigenvalue weighted by molar-refractivity contribution is 6.30. The predicted octanol–water partition coefficient (Wildman–Crippen LogP) is 3.75. The topological polar surface area (TPSA) is 54.8 Å². The van der Waals surface area contributed by atoms with Crippen LogP contribution in [0.3, 0.4) is 0 Å². The van der Waals surface area contributed by atoms with E-state index in [0.717, 1.165) is 33.5 Å². The van der Waals surface area contributed by atoms with Crippen LogP contribution in [0.25, 0.3) is 22.2 Å². The van der Waals surface area contributed by atoms with Crippen LogP contribution in [0.5, 0.6) is 11.5 Å². The quantitative estimate of drug-likeness (QED) is 0.726. The summed E-state index contributed by atoms with van der Waals surface area (Å²) in [5, 5.41) is 11.2. The second-order valence-electron chi connectivity index (χ2n) is 6.72. The molecule has 1 aliphatic heterocycles. The third kappa shape index (κ3) is 3.46. The maximum Gasteiger partial charge on any atom is 0.145 e. The van der Waals surface area contributed by atoms with Crippen LogP contribution in [0.2, 0.25) is 5.02 Å². The van der Waals surface area contributed by atoms with Gasteiger partial charge in [0.05, 0.1) is 26.0 Å². The lowest BCUT2D eigenvalue weighted by Gasteiger charge is -2.36. The minimum absolute atomic E-state index is 0.248. The number of benzene rings is 2. The Hall–Kier alpha value is -2.34. The highest BCUT2D eigenvalue weighted by atomic mass is 35.5. The lowest BCUT2D eigenvalue weighted by atomic mass is 10.0. The smallest absolute Gasteiger partial charge is 0.145 e. The van der Waals surface area contributed by atoms with Crippen LogP contribution >= 0.6 is 11.6 Å². The first-order chi connectivity index (χ1) is 13.1. The number of aliphatic hydroxyl groups is 1. The van der Waals surface area contributed by atoms with Gasteiger partial charge < -0.3 is 14.6 Å². The van der Waals surface area contributed by atoms with Gasteiger partial charge >= 0.3 is 0 Å². The standard InChI is InChI=1S/C21H21ClN2O3/c1-26-18-6-7-19(27-2)21-17(18)9-14(10-24-11-16(25)12-24)20(23-21)13-4-3-5-15(22)8-13/h3-9,16,25H,10-12H2,1-2H3. The van der Waals surface area contributed by atoms with E-state index in [9.17, 15) is 5.11 Å². The number of aromatic nitrogens is 1. The van der Waals surface area contributed by atoms with Crippen molar-refractivity contribution in [1.82, 2.24) is 9.88 Å². The Labute approximate surface area is 163 Å². The van der Waals surface area contributed by atoms with Gasteiger partial charge in [0.25, 0.3) is 0 Å². The third-order valence-electron chi connectivity index (χ3n) is 4.86. The van der Waals surface area contributed by atoms with E-state index >= 15 is 0 Å². The summed E-state index contributed by atoms with van der Waals surface area (Å²) in [6, 6.07) is 13.5. The molecule has 2 aromatic carbocycles. The van der Waals surface area contributed by atoms with Crippen LogP contribution in [0.15, 0.2) is 42.5 Å². The number of halogens is 1. The Balaban J connectivity index is 1.91. The van der Waals surface area contributed by atoms with Gasteiger partial charge in [-0.25, -0.2) is 4.98 Å². The molecule has 6 heteroatoms. The second kappa shape index (κ2) is 7.35. The first-order valence-electron chi connectivity index (χ1n) is 8.80. The minimum atomic E-state index is -0.248. The normalized spacial score (nSPS) is 15.0. The number of ether oxygens (including phenoxy) is 2. The predicted molar refractivity (Wildman–Crippen MR) is 107 cm³/mol. The van der Waals surface area contributed by atoms with Crippen LogP contribution < -0.4 is 9.47 Å². The molecule has 0 bridgehead atoms. The first kappa shape index (κ1) is 18.0. The van der Waals surface area contributed by atoms with E-state index in [4.69, 9.17) is 26.1 Å². The average Bonchev–Trinajstić information content (AvgIpc) is 2.65. The molecule has 0 amide bonds. The molecule has 140 valence electrons. The number of methoxy groups -OCH3 is 2. The summed E-state index contributed by atoms with van der Waals surface area (Å²) < 4.78 is 11.1. The number of hydrogen-bond acceptors (Lipinski definition) is 5. The summed E-state index contributed by atoms with van der Waals surface area (Å²) in [5.41, 5.74) is 3.62. The van der Waals surface area contributed by atoms with Crippen LogP contribution in [0.1, 0.15) is 5.56 Å². The van der Waals surface area contributed by atoms with Gasteiger partial charge in [-0.1, -0.05) is 23.7 Å². The van der Waals surface area contributed by atoms with Gasteiger partial charge in [0.1, 0.15) is 17.0 Å². The summed E-state index contributed by atoms with van der Waals surface area (Å²) in [6.07, 6.45) is -0.248. The van der Waals surface area contributed by atoms with Gasteiger partial charge in [-0.3, -0.25) is 4.90 Å². The summed E-state index contributed by atoms with van der Waals surface area (Å²) in [6.45, 7) is 2.03. The largest absolute Gasteiger partial charge is 0.496 e. The molecule has 0 radical (unpaired) electrons. The van der Waals surface area contributed by atoms with E-state index in [1.54, 1.807) is 14.2 Å². The van der Waals surface area contributed by atoms with Crippen molar-refractivity contribution in [1.29, 1.82) is 0 Å². The number of fused-ring (bicyclic) bond motifs is 1. The van der Waals surface area contributed by atoms with Gasteiger partial charge in [0.15, 0.2) is 0 Å². The fourth-order valence-electron chi connectivity index (χ4n) is 3.51. The molecule has 4 rings (SSSR count). The molecular formula is C21H21ClN2O3. The Morgan fingerprint density at radius 1 is 1.11 bits per heavy atom. The van der Waals surface area contributed by atoms with E-state index in [1.807, 2.05) is 36.4 Å². The molecule has 1 fully saturated rings. The fourth-order valence-corrected chi connectivity index (χ4v) is 3.70. The lowest BCUT2D eigenvalue weighted by molar-refractivity contribution is -0.00280. The van der Waals surface area contributed by atoms with Gasteiger partial charge in [-0.15, -0.1) is 0 Å². The Bertz CT molecular complexity index is 987. The van der Waals surface area contributed by atoms with Crippen molar-refractivity contribution in [3.8, 4) is 22.8 Å². The number of rotatable bonds is 5. The maximum atomic E-state index is 9.63. The maximum absolute atomic E-state index is 9.63. The lowest BCUT2D eigenvalue weighted by Crippen LogP contribution is -2.49. The van der Waals surface area contributed by atoms with Crippen LogP contribution in [0.4, 0.5) is 0 Å². The summed E-state index contributed by atoms with van der Waals surface area (Å²) >= 11 is 6.22. The molecule has 1 aromatic heterocycles. The zero-order chi connectivity index (χ0) is 19.0. The molecule has 1 saturated heterocycles. The van der Waals surface area contributed by atoms with Crippen molar-refractivity contribution in [3.63, 3.8) is 0 Å². The second-order valence-corrected chi connectivity index (χ2v) is 7.16. The average molecular weight is 385 g/mol. The molecule has 0 atom stereocenters. The molecule has 27 heavy (non-hydrogen) atoms. The number of hydrogen-bond donors (Lipinski definition) is 1. The molecular weight excluding hydrogens is 364 g/mol. The summed E-state index contributed by atoms with van der Waals surface area (Å²) in [7, 11) is 3.29. The Kier molecular flexibility index (Phi) is 4.91. The van der Waals surface area contributed by atoms with E-state index in [-0.39, 0.29) is 6.10 Å². The SMILES string of the molecule is COc1ccc(OC)c2nc(-c3cccc(Cl)c3)c(CN3CC(O)C3)cc12. The van der Waals surface area contributed by atoms with Crippen molar-refractivity contribution < 1.29 is 14.6 Å². The number of β-amino-alcohol motifs (C(OH)–C–C–N with tert-alkyl or cyclic N) is 1. The Morgan fingerprint density at radius 3 is 2.52 bits per heavy atom. The molecule has 5 nitrogen and oxygen atoms in total. The van der Waals surface area contributed by atoms with Crippen molar-refractivity contribution in [2.45, 2.75) is 12.6 Å². The van der Waals surface area contributed by atoms with Gasteiger partial charge in [-0.2, -0.15) is 0 Å². The van der Waals surface area contributed by atoms with E-state index in [0.29, 0.717) is 30.4 Å². The van der Waals surface area contributed by atoms with Crippen LogP contribution in [-0.4, -0.2) is 48.4 Å². The number of pyridine rings is 1. The molecule has 0 saturated carbocycles. The monoisotopic (exact) mass is 384 g/mol. The zero-order valence-electron chi connectivity index (χ0n) is 15.3. The molecule has 2 heterocycles. The first-order valence-corrected chi connectivity index (χ1v) is 9.18. The molecule has 1 aliphatic rings. The van der Waals surface area contributed by atoms with E-state index in [2.05, 4.69) is 11.0 Å². The Morgan fingerprint density at radius 2 is 1.85 bits per heavy atom. The van der Waals surface area contributed by atoms with Gasteiger partial charge in [0.2, 0.25) is 0 Å². The molecule has 1 N–H and O–H groups in total. The highest BCUT2D eigenvalue weighted by Crippen LogP contribution is 2.36. The van der Waals surface area contributed by atoms with Crippen molar-refractivity contribution in [2.24, 2.45) is 0 Å². The van der Waals surface area contributed by atoms with Gasteiger partial charge in [-0.05, 0) is 35.9 Å². The van der Waals surface area contributed by atoms with Gasteiger partial charge in [0, 0.05) is 35.6 Å². The van der Waals surface area contributed by atoms with Crippen molar-refractivity contribution >= 4 is 22.5 Å². The molecule has 3 aromatic rings. The molecule has 0 spiro atoms. The molecule has 0 aliphatic carbocycles. The summed E-state index contributed by atoms with van der Waals surface area (Å²) in [4.78, 5) is 7.13. The minimum Gasteiger partial charge on any atom is -0.496 e. The third-order valence-corrected chi connectivity index (χ3v) is 5.09. The highest BCUT2D eigenvalue weighted by Gasteiger charge is 2.26. The number of likely N-dealkylation sites (tertiary alicyclic amines) is 1.